The van der Waals surface area contributed by atoms with E-state index in [0.29, 0.717) is 24.3 Å². The van der Waals surface area contributed by atoms with Crippen molar-refractivity contribution >= 4 is 18.5 Å². The lowest BCUT2D eigenvalue weighted by molar-refractivity contribution is -0.128. The van der Waals surface area contributed by atoms with E-state index in [4.69, 9.17) is 4.74 Å². The topological polar surface area (TPSA) is 32.8 Å². The lowest BCUT2D eigenvalue weighted by Gasteiger charge is -2.34. The van der Waals surface area contributed by atoms with E-state index in [1.54, 1.807) is 0 Å². The smallest absolute Gasteiger partial charge is 0.223 e. The Kier molecular flexibility index (Phi) is 4.70. The predicted molar refractivity (Wildman–Crippen MR) is 70.4 cm³/mol. The summed E-state index contributed by atoms with van der Waals surface area (Å²) < 4.78 is 5.34. The van der Waals surface area contributed by atoms with E-state index in [0.717, 1.165) is 45.1 Å². The van der Waals surface area contributed by atoms with Gasteiger partial charge in [0.15, 0.2) is 0 Å². The van der Waals surface area contributed by atoms with Crippen LogP contribution in [0.5, 0.6) is 0 Å². The highest BCUT2D eigenvalue weighted by molar-refractivity contribution is 7.80. The molecule has 4 nitrogen and oxygen atoms in total. The Balaban J connectivity index is 1.81. The van der Waals surface area contributed by atoms with Crippen molar-refractivity contribution < 1.29 is 9.53 Å². The third-order valence-corrected chi connectivity index (χ3v) is 4.22. The standard InChI is InChI=1S/C12H22N2O2S/c1-10(13-2-4-16-5-3-13)7-14-8-11(9-17)6-12(14)15/h10-11,17H,2-9H2,1H3. The van der Waals surface area contributed by atoms with Crippen LogP contribution in [0.1, 0.15) is 13.3 Å². The molecule has 2 heterocycles. The Morgan fingerprint density at radius 1 is 1.47 bits per heavy atom. The van der Waals surface area contributed by atoms with Crippen molar-refractivity contribution in [1.29, 1.82) is 0 Å². The largest absolute Gasteiger partial charge is 0.379 e. The van der Waals surface area contributed by atoms with Crippen molar-refractivity contribution in [3.8, 4) is 0 Å². The van der Waals surface area contributed by atoms with E-state index in [9.17, 15) is 4.79 Å². The molecular weight excluding hydrogens is 236 g/mol. The molecule has 17 heavy (non-hydrogen) atoms. The highest BCUT2D eigenvalue weighted by Gasteiger charge is 2.30. The molecule has 0 aromatic carbocycles. The van der Waals surface area contributed by atoms with E-state index in [2.05, 4.69) is 24.5 Å². The summed E-state index contributed by atoms with van der Waals surface area (Å²) in [5.41, 5.74) is 0. The van der Waals surface area contributed by atoms with Crippen LogP contribution in [0.15, 0.2) is 0 Å². The molecule has 0 aromatic rings. The van der Waals surface area contributed by atoms with Crippen molar-refractivity contribution in [2.45, 2.75) is 19.4 Å². The van der Waals surface area contributed by atoms with E-state index in [1.165, 1.54) is 0 Å². The quantitative estimate of drug-likeness (QED) is 0.745. The lowest BCUT2D eigenvalue weighted by atomic mass is 10.1. The molecule has 1 amide bonds. The summed E-state index contributed by atoms with van der Waals surface area (Å²) in [7, 11) is 0. The molecule has 0 spiro atoms. The number of ether oxygens (including phenoxy) is 1. The van der Waals surface area contributed by atoms with Crippen LogP contribution in [-0.4, -0.2) is 66.9 Å². The number of carbonyl (C=O) groups is 1. The Morgan fingerprint density at radius 2 is 2.18 bits per heavy atom. The zero-order valence-corrected chi connectivity index (χ0v) is 11.4. The van der Waals surface area contributed by atoms with Crippen molar-refractivity contribution in [3.05, 3.63) is 0 Å². The maximum atomic E-state index is 11.8. The molecule has 0 saturated carbocycles. The van der Waals surface area contributed by atoms with E-state index < -0.39 is 0 Å². The van der Waals surface area contributed by atoms with E-state index >= 15 is 0 Å². The molecule has 2 saturated heterocycles. The van der Waals surface area contributed by atoms with Gasteiger partial charge in [-0.1, -0.05) is 0 Å². The summed E-state index contributed by atoms with van der Waals surface area (Å²) in [5.74, 6) is 1.56. The summed E-state index contributed by atoms with van der Waals surface area (Å²) in [6.07, 6.45) is 0.680. The molecule has 0 bridgehead atoms. The highest BCUT2D eigenvalue weighted by Crippen LogP contribution is 2.19. The van der Waals surface area contributed by atoms with Gasteiger partial charge in [0.1, 0.15) is 0 Å². The summed E-state index contributed by atoms with van der Waals surface area (Å²) in [6.45, 7) is 7.54. The van der Waals surface area contributed by atoms with Gasteiger partial charge >= 0.3 is 0 Å². The number of hydrogen-bond acceptors (Lipinski definition) is 4. The first-order valence-electron chi connectivity index (χ1n) is 6.41. The Morgan fingerprint density at radius 3 is 2.76 bits per heavy atom. The van der Waals surface area contributed by atoms with E-state index in [-0.39, 0.29) is 0 Å². The van der Waals surface area contributed by atoms with E-state index in [1.807, 2.05) is 4.90 Å². The average Bonchev–Trinajstić information content (AvgIpc) is 2.71. The van der Waals surface area contributed by atoms with Crippen molar-refractivity contribution in [2.75, 3.05) is 45.1 Å². The molecule has 0 aliphatic carbocycles. The van der Waals surface area contributed by atoms with Gasteiger partial charge in [0.05, 0.1) is 13.2 Å². The molecule has 98 valence electrons. The molecule has 5 heteroatoms. The first-order valence-corrected chi connectivity index (χ1v) is 7.04. The fourth-order valence-electron chi connectivity index (χ4n) is 2.61. The molecule has 2 aliphatic rings. The zero-order chi connectivity index (χ0) is 12.3. The first kappa shape index (κ1) is 13.2. The summed E-state index contributed by atoms with van der Waals surface area (Å²) in [6, 6.07) is 0.432. The number of thiol groups is 1. The molecule has 2 fully saturated rings. The molecule has 2 unspecified atom stereocenters. The Hall–Kier alpha value is -0.260. The lowest BCUT2D eigenvalue weighted by Crippen LogP contribution is -2.47. The van der Waals surface area contributed by atoms with Crippen LogP contribution in [0.3, 0.4) is 0 Å². The van der Waals surface area contributed by atoms with Gasteiger partial charge in [-0.2, -0.15) is 12.6 Å². The fraction of sp³-hybridized carbons (Fsp3) is 0.917. The minimum absolute atomic E-state index is 0.296. The van der Waals surface area contributed by atoms with Crippen LogP contribution in [-0.2, 0) is 9.53 Å². The Labute approximate surface area is 109 Å². The van der Waals surface area contributed by atoms with Gasteiger partial charge < -0.3 is 9.64 Å². The summed E-state index contributed by atoms with van der Waals surface area (Å²) in [5, 5.41) is 0. The summed E-state index contributed by atoms with van der Waals surface area (Å²) >= 11 is 4.28. The fourth-order valence-corrected chi connectivity index (χ4v) is 2.85. The molecule has 0 aromatic heterocycles. The first-order chi connectivity index (χ1) is 8.20. The van der Waals surface area contributed by atoms with Crippen LogP contribution in [0.25, 0.3) is 0 Å². The molecule has 0 radical (unpaired) electrons. The molecule has 2 aliphatic heterocycles. The third kappa shape index (κ3) is 3.36. The second-order valence-corrected chi connectivity index (χ2v) is 5.41. The number of rotatable bonds is 4. The number of nitrogens with zero attached hydrogens (tertiary/aromatic N) is 2. The molecule has 2 rings (SSSR count). The second-order valence-electron chi connectivity index (χ2n) is 5.05. The van der Waals surface area contributed by atoms with Gasteiger partial charge in [-0.05, 0) is 18.6 Å². The van der Waals surface area contributed by atoms with Gasteiger partial charge in [-0.25, -0.2) is 0 Å². The third-order valence-electron chi connectivity index (χ3n) is 3.71. The van der Waals surface area contributed by atoms with Gasteiger partial charge in [0, 0.05) is 38.6 Å². The normalized spacial score (nSPS) is 28.7. The minimum Gasteiger partial charge on any atom is -0.379 e. The van der Waals surface area contributed by atoms with Gasteiger partial charge in [0.25, 0.3) is 0 Å². The number of likely N-dealkylation sites (tertiary alicyclic amines) is 1. The van der Waals surface area contributed by atoms with Gasteiger partial charge in [-0.3, -0.25) is 9.69 Å². The number of amides is 1. The van der Waals surface area contributed by atoms with Crippen molar-refractivity contribution in [1.82, 2.24) is 9.80 Å². The zero-order valence-electron chi connectivity index (χ0n) is 10.5. The molecular formula is C12H22N2O2S. The minimum atomic E-state index is 0.296. The molecule has 0 N–H and O–H groups in total. The summed E-state index contributed by atoms with van der Waals surface area (Å²) in [4.78, 5) is 16.2. The SMILES string of the molecule is CC(CN1CC(CS)CC1=O)N1CCOCC1. The van der Waals surface area contributed by atoms with Crippen LogP contribution in [0, 0.1) is 5.92 Å². The predicted octanol–water partition coefficient (Wildman–Crippen LogP) is 0.485. The highest BCUT2D eigenvalue weighted by atomic mass is 32.1. The Bertz CT molecular complexity index is 269. The van der Waals surface area contributed by atoms with Crippen LogP contribution >= 0.6 is 12.6 Å². The second kappa shape index (κ2) is 6.07. The monoisotopic (exact) mass is 258 g/mol. The average molecular weight is 258 g/mol. The maximum Gasteiger partial charge on any atom is 0.223 e. The molecule has 2 atom stereocenters. The maximum absolute atomic E-state index is 11.8. The van der Waals surface area contributed by atoms with Crippen LogP contribution in [0.4, 0.5) is 0 Å². The van der Waals surface area contributed by atoms with Gasteiger partial charge in [0.2, 0.25) is 5.91 Å². The number of morpholine rings is 1. The van der Waals surface area contributed by atoms with Gasteiger partial charge in [-0.15, -0.1) is 0 Å². The number of hydrogen-bond donors (Lipinski definition) is 1. The van der Waals surface area contributed by atoms with Crippen molar-refractivity contribution in [3.63, 3.8) is 0 Å². The van der Waals surface area contributed by atoms with Crippen LogP contribution < -0.4 is 0 Å². The van der Waals surface area contributed by atoms with Crippen molar-refractivity contribution in [2.24, 2.45) is 5.92 Å². The number of carbonyl (C=O) groups excluding carboxylic acids is 1. The van der Waals surface area contributed by atoms with Crippen LogP contribution in [0.2, 0.25) is 0 Å².